The van der Waals surface area contributed by atoms with Crippen LogP contribution in [0.15, 0.2) is 0 Å². The zero-order valence-corrected chi connectivity index (χ0v) is 3.92. The minimum absolute atomic E-state index is 0.750. The molecule has 0 saturated carbocycles. The van der Waals surface area contributed by atoms with Gasteiger partial charge < -0.3 is 15.6 Å². The first-order chi connectivity index (χ1) is 3.15. The van der Waals surface area contributed by atoms with Crippen LogP contribution in [-0.2, 0) is 4.79 Å². The highest BCUT2D eigenvalue weighted by atomic mass is 16.4. The highest BCUT2D eigenvalue weighted by Crippen LogP contribution is 1.34. The van der Waals surface area contributed by atoms with Gasteiger partial charge in [0.1, 0.15) is 6.29 Å². The monoisotopic (exact) mass is 105 g/mol. The number of rotatable bonds is 0. The van der Waals surface area contributed by atoms with Crippen molar-refractivity contribution in [3.05, 3.63) is 0 Å². The maximum atomic E-state index is 8.81. The topological polar surface area (TPSA) is 80.4 Å². The Kier molecular flexibility index (Phi) is 11.8. The van der Waals surface area contributed by atoms with E-state index < -0.39 is 6.09 Å². The molecule has 0 saturated heterocycles. The van der Waals surface area contributed by atoms with Crippen molar-refractivity contribution in [3.8, 4) is 0 Å². The summed E-state index contributed by atoms with van der Waals surface area (Å²) in [6, 6.07) is 0. The SMILES string of the molecule is CC=O.NC(=O)O. The summed E-state index contributed by atoms with van der Waals surface area (Å²) in [6.45, 7) is 1.44. The normalized spacial score (nSPS) is 5.29. The summed E-state index contributed by atoms with van der Waals surface area (Å²) in [6.07, 6.45) is -0.583. The molecule has 4 heteroatoms. The van der Waals surface area contributed by atoms with E-state index in [2.05, 4.69) is 5.73 Å². The standard InChI is InChI=1S/C2H4O.CH3NO2/c1-2-3;2-1(3)4/h2H,1H3;2H2,(H,3,4). The first kappa shape index (κ1) is 9.34. The zero-order valence-electron chi connectivity index (χ0n) is 3.92. The molecule has 0 heterocycles. The second-order valence-corrected chi connectivity index (χ2v) is 0.574. The predicted molar refractivity (Wildman–Crippen MR) is 24.0 cm³/mol. The van der Waals surface area contributed by atoms with Crippen molar-refractivity contribution in [2.24, 2.45) is 5.73 Å². The Labute approximate surface area is 40.9 Å². The van der Waals surface area contributed by atoms with Gasteiger partial charge in [0.25, 0.3) is 0 Å². The third-order valence-electron chi connectivity index (χ3n) is 0. The van der Waals surface area contributed by atoms with Gasteiger partial charge in [0.05, 0.1) is 0 Å². The Hall–Kier alpha value is -1.06. The highest BCUT2D eigenvalue weighted by molar-refractivity contribution is 5.61. The molecule has 0 aliphatic rings. The van der Waals surface area contributed by atoms with Crippen LogP contribution < -0.4 is 5.73 Å². The molecule has 42 valence electrons. The Morgan fingerprint density at radius 1 is 1.86 bits per heavy atom. The van der Waals surface area contributed by atoms with Crippen molar-refractivity contribution in [1.82, 2.24) is 0 Å². The van der Waals surface area contributed by atoms with Crippen LogP contribution in [0, 0.1) is 0 Å². The first-order valence-electron chi connectivity index (χ1n) is 1.53. The number of amides is 1. The fourth-order valence-electron chi connectivity index (χ4n) is 0. The van der Waals surface area contributed by atoms with Crippen molar-refractivity contribution in [2.45, 2.75) is 6.92 Å². The van der Waals surface area contributed by atoms with Gasteiger partial charge in [-0.2, -0.15) is 0 Å². The molecule has 0 aliphatic carbocycles. The lowest BCUT2D eigenvalue weighted by Gasteiger charge is -1.61. The fourth-order valence-corrected chi connectivity index (χ4v) is 0. The summed E-state index contributed by atoms with van der Waals surface area (Å²) in [5.74, 6) is 0. The van der Waals surface area contributed by atoms with Crippen LogP contribution in [0.3, 0.4) is 0 Å². The van der Waals surface area contributed by atoms with Crippen LogP contribution in [0.4, 0.5) is 4.79 Å². The lowest BCUT2D eigenvalue weighted by atomic mass is 11.0. The molecule has 0 rings (SSSR count). The van der Waals surface area contributed by atoms with Gasteiger partial charge in [0, 0.05) is 0 Å². The number of carbonyl (C=O) groups is 2. The third kappa shape index (κ3) is 38.0. The molecule has 0 aromatic carbocycles. The van der Waals surface area contributed by atoms with E-state index in [4.69, 9.17) is 14.7 Å². The van der Waals surface area contributed by atoms with Crippen molar-refractivity contribution in [2.75, 3.05) is 0 Å². The van der Waals surface area contributed by atoms with Gasteiger partial charge in [-0.15, -0.1) is 0 Å². The smallest absolute Gasteiger partial charge is 0.402 e. The van der Waals surface area contributed by atoms with E-state index in [1.165, 1.54) is 6.92 Å². The van der Waals surface area contributed by atoms with Crippen molar-refractivity contribution < 1.29 is 14.7 Å². The summed E-state index contributed by atoms with van der Waals surface area (Å²) in [7, 11) is 0. The van der Waals surface area contributed by atoms with Gasteiger partial charge in [-0.3, -0.25) is 0 Å². The van der Waals surface area contributed by atoms with Crippen LogP contribution in [-0.4, -0.2) is 17.5 Å². The maximum Gasteiger partial charge on any atom is 0.402 e. The Balaban J connectivity index is 0. The highest BCUT2D eigenvalue weighted by Gasteiger charge is 1.65. The van der Waals surface area contributed by atoms with E-state index in [1.54, 1.807) is 0 Å². The van der Waals surface area contributed by atoms with E-state index in [9.17, 15) is 0 Å². The average molecular weight is 105 g/mol. The van der Waals surface area contributed by atoms with E-state index >= 15 is 0 Å². The molecule has 1 amide bonds. The number of hydrogen-bond donors (Lipinski definition) is 2. The van der Waals surface area contributed by atoms with Crippen LogP contribution in [0.5, 0.6) is 0 Å². The second kappa shape index (κ2) is 8.87. The lowest BCUT2D eigenvalue weighted by Crippen LogP contribution is -2.03. The molecule has 0 aromatic rings. The van der Waals surface area contributed by atoms with Crippen molar-refractivity contribution in [3.63, 3.8) is 0 Å². The summed E-state index contributed by atoms with van der Waals surface area (Å²) in [5, 5.41) is 7.19. The molecule has 0 aliphatic heterocycles. The molecule has 0 spiro atoms. The molecule has 0 aromatic heterocycles. The molecule has 0 unspecified atom stereocenters. The first-order valence-corrected chi connectivity index (χ1v) is 1.53. The number of hydrogen-bond acceptors (Lipinski definition) is 2. The number of carboxylic acid groups (broad SMARTS) is 1. The molecule has 0 radical (unpaired) electrons. The van der Waals surface area contributed by atoms with Gasteiger partial charge >= 0.3 is 6.09 Å². The molecule has 0 fully saturated rings. The molecule has 0 atom stereocenters. The largest absolute Gasteiger partial charge is 0.465 e. The third-order valence-corrected chi connectivity index (χ3v) is 0. The van der Waals surface area contributed by atoms with E-state index in [0.29, 0.717) is 0 Å². The Morgan fingerprint density at radius 2 is 1.86 bits per heavy atom. The van der Waals surface area contributed by atoms with Gasteiger partial charge in [-0.25, -0.2) is 4.79 Å². The molecular formula is C3H7NO3. The molecule has 4 nitrogen and oxygen atoms in total. The number of aldehydes is 1. The molecule has 7 heavy (non-hydrogen) atoms. The van der Waals surface area contributed by atoms with Crippen molar-refractivity contribution >= 4 is 12.4 Å². The van der Waals surface area contributed by atoms with Gasteiger partial charge in [0.2, 0.25) is 0 Å². The van der Waals surface area contributed by atoms with E-state index in [1.807, 2.05) is 0 Å². The van der Waals surface area contributed by atoms with Gasteiger partial charge in [-0.05, 0) is 6.92 Å². The van der Waals surface area contributed by atoms with Gasteiger partial charge in [0.15, 0.2) is 0 Å². The second-order valence-electron chi connectivity index (χ2n) is 0.574. The predicted octanol–water partition coefficient (Wildman–Crippen LogP) is -0.172. The van der Waals surface area contributed by atoms with Crippen LogP contribution in [0.2, 0.25) is 0 Å². The maximum absolute atomic E-state index is 8.81. The summed E-state index contributed by atoms with van der Waals surface area (Å²) in [4.78, 5) is 17.6. The molecule has 3 N–H and O–H groups in total. The lowest BCUT2D eigenvalue weighted by molar-refractivity contribution is -0.106. The Bertz CT molecular complexity index is 57.2. The molecular weight excluding hydrogens is 98.0 g/mol. The summed E-state index contributed by atoms with van der Waals surface area (Å²) >= 11 is 0. The quantitative estimate of drug-likeness (QED) is 0.419. The minimum Gasteiger partial charge on any atom is -0.465 e. The summed E-state index contributed by atoms with van der Waals surface area (Å²) in [5.41, 5.74) is 4.03. The van der Waals surface area contributed by atoms with Gasteiger partial charge in [-0.1, -0.05) is 0 Å². The molecule has 0 bridgehead atoms. The van der Waals surface area contributed by atoms with E-state index in [-0.39, 0.29) is 0 Å². The minimum atomic E-state index is -1.33. The number of carbonyl (C=O) groups excluding carboxylic acids is 1. The summed E-state index contributed by atoms with van der Waals surface area (Å²) < 4.78 is 0. The average Bonchev–Trinajstić information content (AvgIpc) is 1.33. The number of nitrogens with two attached hydrogens (primary N) is 1. The zero-order chi connectivity index (χ0) is 6.28. The van der Waals surface area contributed by atoms with Crippen LogP contribution in [0.1, 0.15) is 6.92 Å². The van der Waals surface area contributed by atoms with Crippen molar-refractivity contribution in [1.29, 1.82) is 0 Å². The number of primary amides is 1. The van der Waals surface area contributed by atoms with E-state index in [0.717, 1.165) is 6.29 Å². The van der Waals surface area contributed by atoms with Crippen LogP contribution >= 0.6 is 0 Å². The van der Waals surface area contributed by atoms with Crippen LogP contribution in [0.25, 0.3) is 0 Å². The fraction of sp³-hybridized carbons (Fsp3) is 0.333. The Morgan fingerprint density at radius 3 is 1.86 bits per heavy atom.